The van der Waals surface area contributed by atoms with Crippen LogP contribution < -0.4 is 0 Å². The Morgan fingerprint density at radius 1 is 0.375 bits per heavy atom. The molecule has 0 amide bonds. The average Bonchev–Trinajstić information content (AvgIpc) is 2.70. The number of benzene rings is 4. The highest BCUT2D eigenvalue weighted by atomic mass is 19.1. The van der Waals surface area contributed by atoms with Crippen LogP contribution in [0.3, 0.4) is 0 Å². The van der Waals surface area contributed by atoms with Gasteiger partial charge in [-0.3, -0.25) is 0 Å². The quantitative estimate of drug-likeness (QED) is 0.282. The van der Waals surface area contributed by atoms with Gasteiger partial charge in [0.05, 0.1) is 11.1 Å². The van der Waals surface area contributed by atoms with Crippen molar-refractivity contribution in [2.75, 3.05) is 0 Å². The van der Waals surface area contributed by atoms with Crippen molar-refractivity contribution >= 4 is 0 Å². The summed E-state index contributed by atoms with van der Waals surface area (Å²) in [6.07, 6.45) is 0. The smallest absolute Gasteiger partial charge is 0.137 e. The Labute approximate surface area is 179 Å². The molecule has 0 saturated heterocycles. The van der Waals surface area contributed by atoms with Crippen LogP contribution in [-0.4, -0.2) is 20.4 Å². The molecule has 4 N–H and O–H groups in total. The third kappa shape index (κ3) is 5.10. The van der Waals surface area contributed by atoms with E-state index in [0.29, 0.717) is 11.1 Å². The molecule has 0 fully saturated rings. The molecule has 0 aromatic heterocycles. The lowest BCUT2D eigenvalue weighted by Crippen LogP contribution is -1.89. The van der Waals surface area contributed by atoms with Crippen molar-refractivity contribution in [1.82, 2.24) is 0 Å². The second-order valence-electron chi connectivity index (χ2n) is 6.66. The van der Waals surface area contributed by atoms with E-state index in [1.165, 1.54) is 48.5 Å². The fourth-order valence-corrected chi connectivity index (χ4v) is 2.93. The Hall–Kier alpha value is -4.20. The van der Waals surface area contributed by atoms with E-state index in [4.69, 9.17) is 20.4 Å². The first kappa shape index (κ1) is 22.5. The van der Waals surface area contributed by atoms with Crippen molar-refractivity contribution in [3.8, 4) is 45.3 Å². The first-order valence-corrected chi connectivity index (χ1v) is 9.10. The van der Waals surface area contributed by atoms with Gasteiger partial charge < -0.3 is 20.4 Å². The summed E-state index contributed by atoms with van der Waals surface area (Å²) in [4.78, 5) is 0. The van der Waals surface area contributed by atoms with Crippen LogP contribution in [0.15, 0.2) is 72.8 Å². The Kier molecular flexibility index (Phi) is 6.53. The molecule has 0 aliphatic rings. The fourth-order valence-electron chi connectivity index (χ4n) is 2.93. The van der Waals surface area contributed by atoms with Crippen LogP contribution in [0, 0.1) is 23.3 Å². The first-order chi connectivity index (χ1) is 15.2. The molecule has 0 aliphatic carbocycles. The fraction of sp³-hybridized carbons (Fsp3) is 0. The zero-order chi connectivity index (χ0) is 23.4. The molecule has 0 aliphatic heterocycles. The van der Waals surface area contributed by atoms with E-state index >= 15 is 0 Å². The number of rotatable bonds is 2. The lowest BCUT2D eigenvalue weighted by atomic mass is 10.0. The van der Waals surface area contributed by atoms with Gasteiger partial charge in [0.25, 0.3) is 0 Å². The van der Waals surface area contributed by atoms with Gasteiger partial charge >= 0.3 is 0 Å². The molecule has 0 radical (unpaired) electrons. The zero-order valence-corrected chi connectivity index (χ0v) is 16.2. The standard InChI is InChI=1S/2C12H8F2O2/c2*13-10-5-9(16)6-11(14)12(10)7-1-3-8(15)4-2-7/h2*1-6,15-16H. The summed E-state index contributed by atoms with van der Waals surface area (Å²) >= 11 is 0. The lowest BCUT2D eigenvalue weighted by Gasteiger charge is -2.06. The largest absolute Gasteiger partial charge is 0.508 e. The topological polar surface area (TPSA) is 80.9 Å². The molecule has 8 heteroatoms. The van der Waals surface area contributed by atoms with Crippen LogP contribution in [0.5, 0.6) is 23.0 Å². The predicted molar refractivity (Wildman–Crippen MR) is 110 cm³/mol. The number of halogens is 4. The van der Waals surface area contributed by atoms with Crippen molar-refractivity contribution in [2.45, 2.75) is 0 Å². The van der Waals surface area contributed by atoms with Gasteiger partial charge in [-0.15, -0.1) is 0 Å². The molecule has 0 spiro atoms. The number of phenols is 4. The van der Waals surface area contributed by atoms with Crippen LogP contribution >= 0.6 is 0 Å². The highest BCUT2D eigenvalue weighted by Gasteiger charge is 2.14. The van der Waals surface area contributed by atoms with Crippen LogP contribution in [0.1, 0.15) is 0 Å². The van der Waals surface area contributed by atoms with Gasteiger partial charge in [-0.05, 0) is 35.4 Å². The summed E-state index contributed by atoms with van der Waals surface area (Å²) in [6.45, 7) is 0. The average molecular weight is 444 g/mol. The molecule has 32 heavy (non-hydrogen) atoms. The molecule has 0 bridgehead atoms. The van der Waals surface area contributed by atoms with E-state index in [2.05, 4.69) is 0 Å². The van der Waals surface area contributed by atoms with Crippen molar-refractivity contribution in [3.63, 3.8) is 0 Å². The number of aromatic hydroxyl groups is 4. The normalized spacial score (nSPS) is 10.4. The van der Waals surface area contributed by atoms with E-state index in [1.54, 1.807) is 0 Å². The van der Waals surface area contributed by atoms with Crippen LogP contribution in [0.4, 0.5) is 17.6 Å². The Morgan fingerprint density at radius 3 is 0.875 bits per heavy atom. The summed E-state index contributed by atoms with van der Waals surface area (Å²) in [5, 5.41) is 36.1. The zero-order valence-electron chi connectivity index (χ0n) is 16.2. The maximum absolute atomic E-state index is 13.4. The van der Waals surface area contributed by atoms with Gasteiger partial charge in [0.2, 0.25) is 0 Å². The highest BCUT2D eigenvalue weighted by Crippen LogP contribution is 2.31. The lowest BCUT2D eigenvalue weighted by molar-refractivity contribution is 0.460. The predicted octanol–water partition coefficient (Wildman–Crippen LogP) is 6.09. The Balaban J connectivity index is 0.000000181. The van der Waals surface area contributed by atoms with Crippen molar-refractivity contribution in [2.24, 2.45) is 0 Å². The second kappa shape index (κ2) is 9.30. The molecule has 4 aromatic rings. The monoisotopic (exact) mass is 444 g/mol. The van der Waals surface area contributed by atoms with E-state index in [9.17, 15) is 17.6 Å². The van der Waals surface area contributed by atoms with Gasteiger partial charge in [0.15, 0.2) is 0 Å². The summed E-state index contributed by atoms with van der Waals surface area (Å²) in [5.41, 5.74) is 0.149. The maximum Gasteiger partial charge on any atom is 0.137 e. The van der Waals surface area contributed by atoms with Gasteiger partial charge in [-0.25, -0.2) is 17.6 Å². The summed E-state index contributed by atoms with van der Waals surface area (Å²) < 4.78 is 53.7. The van der Waals surface area contributed by atoms with Gasteiger partial charge in [-0.1, -0.05) is 24.3 Å². The minimum atomic E-state index is -0.844. The molecular formula is C24H16F4O4. The van der Waals surface area contributed by atoms with Crippen LogP contribution in [0.2, 0.25) is 0 Å². The van der Waals surface area contributed by atoms with Gasteiger partial charge in [0.1, 0.15) is 46.3 Å². The van der Waals surface area contributed by atoms with E-state index in [0.717, 1.165) is 24.3 Å². The molecule has 4 nitrogen and oxygen atoms in total. The Morgan fingerprint density at radius 2 is 0.625 bits per heavy atom. The first-order valence-electron chi connectivity index (χ1n) is 9.10. The minimum Gasteiger partial charge on any atom is -0.508 e. The van der Waals surface area contributed by atoms with E-state index in [1.807, 2.05) is 0 Å². The SMILES string of the molecule is Oc1ccc(-c2c(F)cc(O)cc2F)cc1.Oc1ccc(-c2c(F)cc(O)cc2F)cc1. The molecule has 0 saturated carbocycles. The van der Waals surface area contributed by atoms with Crippen molar-refractivity contribution < 1.29 is 38.0 Å². The maximum atomic E-state index is 13.4. The van der Waals surface area contributed by atoms with E-state index in [-0.39, 0.29) is 22.6 Å². The highest BCUT2D eigenvalue weighted by molar-refractivity contribution is 5.67. The molecule has 0 heterocycles. The van der Waals surface area contributed by atoms with Gasteiger partial charge in [0, 0.05) is 24.3 Å². The van der Waals surface area contributed by atoms with Crippen LogP contribution in [0.25, 0.3) is 22.3 Å². The summed E-state index contributed by atoms with van der Waals surface area (Å²) in [5.74, 6) is -4.26. The number of phenolic OH excluding ortho intramolecular Hbond substituents is 4. The third-order valence-electron chi connectivity index (χ3n) is 4.37. The molecule has 164 valence electrons. The van der Waals surface area contributed by atoms with Crippen molar-refractivity contribution in [3.05, 3.63) is 96.1 Å². The Bertz CT molecular complexity index is 1100. The number of hydrogen-bond donors (Lipinski definition) is 4. The molecule has 4 aromatic carbocycles. The third-order valence-corrected chi connectivity index (χ3v) is 4.37. The molecule has 0 atom stereocenters. The van der Waals surface area contributed by atoms with E-state index < -0.39 is 34.8 Å². The summed E-state index contributed by atoms with van der Waals surface area (Å²) in [6, 6.07) is 14.3. The van der Waals surface area contributed by atoms with Crippen molar-refractivity contribution in [1.29, 1.82) is 0 Å². The minimum absolute atomic E-state index is 0.0170. The number of hydrogen-bond acceptors (Lipinski definition) is 4. The molecule has 0 unspecified atom stereocenters. The second-order valence-corrected chi connectivity index (χ2v) is 6.66. The van der Waals surface area contributed by atoms with Crippen LogP contribution in [-0.2, 0) is 0 Å². The van der Waals surface area contributed by atoms with Gasteiger partial charge in [-0.2, -0.15) is 0 Å². The molecular weight excluding hydrogens is 428 g/mol. The molecule has 4 rings (SSSR count). The summed E-state index contributed by atoms with van der Waals surface area (Å²) in [7, 11) is 0.